The van der Waals surface area contributed by atoms with Crippen molar-refractivity contribution < 1.29 is 9.53 Å². The van der Waals surface area contributed by atoms with Crippen LogP contribution in [0.1, 0.15) is 50.2 Å². The number of carbonyl (C=O) groups is 1. The van der Waals surface area contributed by atoms with Crippen molar-refractivity contribution in [2.75, 3.05) is 43.9 Å². The molecule has 2 aromatic carbocycles. The number of ether oxygens (including phenoxy) is 1. The van der Waals surface area contributed by atoms with Crippen LogP contribution >= 0.6 is 12.2 Å². The van der Waals surface area contributed by atoms with Crippen molar-refractivity contribution in [3.8, 4) is 5.75 Å². The van der Waals surface area contributed by atoms with E-state index in [2.05, 4.69) is 54.5 Å². The van der Waals surface area contributed by atoms with E-state index in [1.807, 2.05) is 29.2 Å². The Hall–Kier alpha value is -2.80. The zero-order valence-electron chi connectivity index (χ0n) is 20.7. The molecule has 2 amide bonds. The third kappa shape index (κ3) is 5.14. The second-order valence-corrected chi connectivity index (χ2v) is 10.3. The summed E-state index contributed by atoms with van der Waals surface area (Å²) >= 11 is 5.84. The first-order chi connectivity index (χ1) is 16.3. The van der Waals surface area contributed by atoms with Gasteiger partial charge < -0.3 is 25.2 Å². The van der Waals surface area contributed by atoms with E-state index in [0.29, 0.717) is 17.4 Å². The average molecular weight is 481 g/mol. The van der Waals surface area contributed by atoms with Crippen molar-refractivity contribution in [2.45, 2.75) is 46.0 Å². The number of amides is 2. The highest BCUT2D eigenvalue weighted by Crippen LogP contribution is 2.41. The first kappa shape index (κ1) is 24.3. The first-order valence-corrected chi connectivity index (χ1v) is 12.6. The Morgan fingerprint density at radius 2 is 1.68 bits per heavy atom. The summed E-state index contributed by atoms with van der Waals surface area (Å²) in [6.07, 6.45) is 3.10. The van der Waals surface area contributed by atoms with Gasteiger partial charge in [-0.3, -0.25) is 0 Å². The molecule has 2 fully saturated rings. The van der Waals surface area contributed by atoms with Crippen molar-refractivity contribution in [1.29, 1.82) is 0 Å². The quantitative estimate of drug-likeness (QED) is 0.538. The van der Waals surface area contributed by atoms with Crippen LogP contribution < -0.4 is 15.4 Å². The molecule has 0 aliphatic carbocycles. The Morgan fingerprint density at radius 1 is 1.00 bits per heavy atom. The van der Waals surface area contributed by atoms with Gasteiger partial charge in [0, 0.05) is 31.9 Å². The molecule has 0 unspecified atom stereocenters. The highest BCUT2D eigenvalue weighted by molar-refractivity contribution is 7.80. The third-order valence-electron chi connectivity index (χ3n) is 7.34. The summed E-state index contributed by atoms with van der Waals surface area (Å²) in [6, 6.07) is 13.9. The van der Waals surface area contributed by atoms with Crippen molar-refractivity contribution in [3.05, 3.63) is 53.6 Å². The van der Waals surface area contributed by atoms with Gasteiger partial charge in [0.25, 0.3) is 0 Å². The number of anilines is 2. The largest absolute Gasteiger partial charge is 0.495 e. The zero-order chi connectivity index (χ0) is 24.3. The maximum Gasteiger partial charge on any atom is 0.321 e. The number of benzene rings is 2. The van der Waals surface area contributed by atoms with E-state index in [4.69, 9.17) is 17.0 Å². The molecule has 2 aromatic rings. The third-order valence-corrected chi connectivity index (χ3v) is 7.70. The molecule has 2 aliphatic heterocycles. The number of urea groups is 1. The zero-order valence-corrected chi connectivity index (χ0v) is 21.5. The fraction of sp³-hybridized carbons (Fsp3) is 0.481. The highest BCUT2D eigenvalue weighted by Gasteiger charge is 2.42. The number of thiocarbonyl (C=S) groups is 1. The summed E-state index contributed by atoms with van der Waals surface area (Å²) in [5.74, 6) is 1.10. The Labute approximate surface area is 208 Å². The van der Waals surface area contributed by atoms with Crippen LogP contribution in [0.5, 0.6) is 5.75 Å². The summed E-state index contributed by atoms with van der Waals surface area (Å²) < 4.78 is 5.36. The molecule has 182 valence electrons. The minimum absolute atomic E-state index is 0.0628. The van der Waals surface area contributed by atoms with E-state index in [0.717, 1.165) is 56.2 Å². The summed E-state index contributed by atoms with van der Waals surface area (Å²) in [6.45, 7) is 9.98. The fourth-order valence-electron chi connectivity index (χ4n) is 5.17. The monoisotopic (exact) mass is 480 g/mol. The second-order valence-electron chi connectivity index (χ2n) is 9.91. The van der Waals surface area contributed by atoms with Crippen LogP contribution in [0.3, 0.4) is 0 Å². The van der Waals surface area contributed by atoms with E-state index in [-0.39, 0.29) is 11.4 Å². The van der Waals surface area contributed by atoms with E-state index in [1.165, 1.54) is 11.1 Å². The molecule has 6 nitrogen and oxygen atoms in total. The summed E-state index contributed by atoms with van der Waals surface area (Å²) in [5, 5.41) is 7.37. The number of methoxy groups -OCH3 is 1. The molecule has 2 N–H and O–H groups in total. The second kappa shape index (κ2) is 10.2. The summed E-state index contributed by atoms with van der Waals surface area (Å²) in [7, 11) is 1.61. The SMILES string of the molecule is COc1ccccc1NC(=O)N1CCC2(CC1)CCN(C(=S)Nc1c(C)cccc1C(C)C)C2. The topological polar surface area (TPSA) is 56.8 Å². The molecule has 0 atom stereocenters. The number of aryl methyl sites for hydroxylation is 1. The van der Waals surface area contributed by atoms with Gasteiger partial charge in [-0.25, -0.2) is 4.79 Å². The molecular weight excluding hydrogens is 444 g/mol. The van der Waals surface area contributed by atoms with E-state index < -0.39 is 0 Å². The van der Waals surface area contributed by atoms with Gasteiger partial charge in [-0.15, -0.1) is 0 Å². The van der Waals surface area contributed by atoms with Gasteiger partial charge in [-0.1, -0.05) is 44.2 Å². The molecule has 34 heavy (non-hydrogen) atoms. The van der Waals surface area contributed by atoms with E-state index in [1.54, 1.807) is 7.11 Å². The molecule has 4 rings (SSSR count). The van der Waals surface area contributed by atoms with Gasteiger partial charge >= 0.3 is 6.03 Å². The van der Waals surface area contributed by atoms with Crippen LogP contribution in [0.15, 0.2) is 42.5 Å². The number of hydrogen-bond donors (Lipinski definition) is 2. The van der Waals surface area contributed by atoms with Crippen LogP contribution in [0.4, 0.5) is 16.2 Å². The molecule has 0 saturated carbocycles. The molecule has 2 aliphatic rings. The van der Waals surface area contributed by atoms with Crippen LogP contribution in [0.2, 0.25) is 0 Å². The maximum atomic E-state index is 12.9. The molecule has 0 bridgehead atoms. The average Bonchev–Trinajstić information content (AvgIpc) is 3.24. The fourth-order valence-corrected chi connectivity index (χ4v) is 5.43. The van der Waals surface area contributed by atoms with Crippen LogP contribution in [0.25, 0.3) is 0 Å². The van der Waals surface area contributed by atoms with Gasteiger partial charge in [0.05, 0.1) is 12.8 Å². The number of para-hydroxylation sites is 3. The normalized spacial score (nSPS) is 17.2. The maximum absolute atomic E-state index is 12.9. The summed E-state index contributed by atoms with van der Waals surface area (Å²) in [5.41, 5.74) is 4.59. The standard InChI is InChI=1S/C27H36N4O2S/c1-19(2)21-9-7-8-20(3)24(21)29-26(34)31-17-14-27(18-31)12-15-30(16-13-27)25(32)28-22-10-5-6-11-23(22)33-4/h5-11,19H,12-18H2,1-4H3,(H,28,32)(H,29,34). The lowest BCUT2D eigenvalue weighted by Gasteiger charge is -2.39. The predicted octanol–water partition coefficient (Wildman–Crippen LogP) is 5.84. The number of likely N-dealkylation sites (tertiary alicyclic amines) is 2. The van der Waals surface area contributed by atoms with Crippen LogP contribution in [-0.4, -0.2) is 54.2 Å². The minimum atomic E-state index is -0.0628. The minimum Gasteiger partial charge on any atom is -0.495 e. The van der Waals surface area contributed by atoms with E-state index >= 15 is 0 Å². The van der Waals surface area contributed by atoms with Crippen LogP contribution in [-0.2, 0) is 0 Å². The van der Waals surface area contributed by atoms with Crippen molar-refractivity contribution in [3.63, 3.8) is 0 Å². The van der Waals surface area contributed by atoms with Gasteiger partial charge in [0.1, 0.15) is 5.75 Å². The molecule has 2 saturated heterocycles. The molecule has 1 spiro atoms. The number of nitrogens with zero attached hydrogens (tertiary/aromatic N) is 2. The highest BCUT2D eigenvalue weighted by atomic mass is 32.1. The molecule has 7 heteroatoms. The number of nitrogens with one attached hydrogen (secondary N) is 2. The Bertz CT molecular complexity index is 1050. The first-order valence-electron chi connectivity index (χ1n) is 12.2. The Kier molecular flexibility index (Phi) is 7.31. The lowest BCUT2D eigenvalue weighted by molar-refractivity contribution is 0.132. The summed E-state index contributed by atoms with van der Waals surface area (Å²) in [4.78, 5) is 17.1. The number of rotatable bonds is 4. The number of hydrogen-bond acceptors (Lipinski definition) is 3. The predicted molar refractivity (Wildman–Crippen MR) is 143 cm³/mol. The Morgan fingerprint density at radius 3 is 2.35 bits per heavy atom. The van der Waals surface area contributed by atoms with Gasteiger partial charge in [-0.2, -0.15) is 0 Å². The molecule has 0 aromatic heterocycles. The van der Waals surface area contributed by atoms with Crippen molar-refractivity contribution in [2.24, 2.45) is 5.41 Å². The van der Waals surface area contributed by atoms with Gasteiger partial charge in [-0.05, 0) is 73.0 Å². The van der Waals surface area contributed by atoms with E-state index in [9.17, 15) is 4.79 Å². The number of piperidine rings is 1. The van der Waals surface area contributed by atoms with Crippen molar-refractivity contribution in [1.82, 2.24) is 9.80 Å². The van der Waals surface area contributed by atoms with Crippen LogP contribution in [0, 0.1) is 12.3 Å². The Balaban J connectivity index is 1.33. The van der Waals surface area contributed by atoms with Crippen molar-refractivity contribution >= 4 is 34.7 Å². The molecule has 2 heterocycles. The van der Waals surface area contributed by atoms with Gasteiger partial charge in [0.2, 0.25) is 0 Å². The molecule has 0 radical (unpaired) electrons. The molecular formula is C27H36N4O2S. The lowest BCUT2D eigenvalue weighted by atomic mass is 9.78. The lowest BCUT2D eigenvalue weighted by Crippen LogP contribution is -2.46. The smallest absolute Gasteiger partial charge is 0.321 e. The number of carbonyl (C=O) groups excluding carboxylic acids is 1. The van der Waals surface area contributed by atoms with Gasteiger partial charge in [0.15, 0.2) is 5.11 Å².